The molecule has 1 saturated carbocycles. The van der Waals surface area contributed by atoms with Crippen LogP contribution in [0.3, 0.4) is 0 Å². The van der Waals surface area contributed by atoms with Crippen molar-refractivity contribution in [2.75, 3.05) is 0 Å². The fourth-order valence-corrected chi connectivity index (χ4v) is 3.29. The smallest absolute Gasteiger partial charge is 0.303 e. The van der Waals surface area contributed by atoms with Crippen LogP contribution in [0.15, 0.2) is 48.6 Å². The third-order valence-electron chi connectivity index (χ3n) is 4.79. The lowest BCUT2D eigenvalue weighted by Crippen LogP contribution is -2.20. The van der Waals surface area contributed by atoms with Crippen molar-refractivity contribution in [1.82, 2.24) is 0 Å². The Hall–Kier alpha value is -1.69. The number of allylic oxidation sites excluding steroid dienone is 5. The van der Waals surface area contributed by atoms with Crippen molar-refractivity contribution in [3.05, 3.63) is 48.6 Å². The van der Waals surface area contributed by atoms with Crippen LogP contribution in [0.1, 0.15) is 51.9 Å². The van der Waals surface area contributed by atoms with Crippen LogP contribution in [-0.2, 0) is 4.79 Å². The third-order valence-corrected chi connectivity index (χ3v) is 4.79. The standard InChI is InChI=1S/C22H34O5/c1-2-3-4-5-6-9-12-18-19(21(25)16-20(18)24)15-14-17(23)11-8-7-10-13-22(26)27/h3-4,6-9,14-15,17-21,23-25H,2,5,10-13,16H2,1H3,(H,26,27)/b4-3-,8-7-,9-6-,15-14+/t17-,18+,19-,20+,21-/m0/s1. The molecule has 1 aliphatic carbocycles. The average molecular weight is 379 g/mol. The minimum atomic E-state index is -0.838. The Morgan fingerprint density at radius 3 is 2.52 bits per heavy atom. The predicted molar refractivity (Wildman–Crippen MR) is 107 cm³/mol. The summed E-state index contributed by atoms with van der Waals surface area (Å²) in [6.45, 7) is 2.09. The monoisotopic (exact) mass is 378 g/mol. The van der Waals surface area contributed by atoms with E-state index >= 15 is 0 Å². The van der Waals surface area contributed by atoms with Gasteiger partial charge < -0.3 is 20.4 Å². The first kappa shape index (κ1) is 23.3. The van der Waals surface area contributed by atoms with Crippen molar-refractivity contribution >= 4 is 5.97 Å². The molecule has 0 aromatic rings. The van der Waals surface area contributed by atoms with Gasteiger partial charge in [-0.2, -0.15) is 0 Å². The van der Waals surface area contributed by atoms with Gasteiger partial charge in [-0.05, 0) is 38.0 Å². The number of carbonyl (C=O) groups is 1. The maximum atomic E-state index is 10.4. The van der Waals surface area contributed by atoms with Gasteiger partial charge in [0.1, 0.15) is 0 Å². The molecular formula is C22H34O5. The SMILES string of the molecule is CC/C=C\C/C=C\C[C@@H]1[C@H](/C=C/[C@@H](O)C/C=C\CCC(=O)O)[C@@H](O)C[C@H]1O. The summed E-state index contributed by atoms with van der Waals surface area (Å²) < 4.78 is 0. The lowest BCUT2D eigenvalue weighted by molar-refractivity contribution is -0.136. The van der Waals surface area contributed by atoms with E-state index in [0.29, 0.717) is 25.7 Å². The third kappa shape index (κ3) is 9.70. The molecule has 0 amide bonds. The number of hydrogen-bond acceptors (Lipinski definition) is 4. The highest BCUT2D eigenvalue weighted by atomic mass is 16.4. The van der Waals surface area contributed by atoms with Crippen LogP contribution in [-0.4, -0.2) is 44.7 Å². The zero-order chi connectivity index (χ0) is 20.1. The van der Waals surface area contributed by atoms with E-state index in [-0.39, 0.29) is 18.3 Å². The fraction of sp³-hybridized carbons (Fsp3) is 0.591. The number of aliphatic carboxylic acids is 1. The van der Waals surface area contributed by atoms with Gasteiger partial charge in [0.15, 0.2) is 0 Å². The minimum absolute atomic E-state index is 0.0547. The van der Waals surface area contributed by atoms with E-state index in [4.69, 9.17) is 5.11 Å². The van der Waals surface area contributed by atoms with E-state index in [1.165, 1.54) is 0 Å². The van der Waals surface area contributed by atoms with Crippen molar-refractivity contribution in [3.8, 4) is 0 Å². The Bertz CT molecular complexity index is 535. The van der Waals surface area contributed by atoms with Crippen LogP contribution in [0.2, 0.25) is 0 Å². The van der Waals surface area contributed by atoms with E-state index < -0.39 is 24.3 Å². The topological polar surface area (TPSA) is 98.0 Å². The van der Waals surface area contributed by atoms with Gasteiger partial charge in [-0.25, -0.2) is 0 Å². The van der Waals surface area contributed by atoms with Gasteiger partial charge in [0, 0.05) is 18.8 Å². The second-order valence-electron chi connectivity index (χ2n) is 7.03. The van der Waals surface area contributed by atoms with Crippen molar-refractivity contribution in [2.24, 2.45) is 11.8 Å². The molecule has 1 aliphatic rings. The summed E-state index contributed by atoms with van der Waals surface area (Å²) in [5, 5.41) is 39.0. The largest absolute Gasteiger partial charge is 0.481 e. The molecule has 0 aromatic heterocycles. The highest BCUT2D eigenvalue weighted by Crippen LogP contribution is 2.36. The number of hydrogen-bond donors (Lipinski definition) is 4. The molecule has 0 unspecified atom stereocenters. The number of aliphatic hydroxyl groups is 3. The van der Waals surface area contributed by atoms with Gasteiger partial charge in [-0.15, -0.1) is 0 Å². The normalized spacial score (nSPS) is 27.6. The van der Waals surface area contributed by atoms with Crippen LogP contribution in [0.25, 0.3) is 0 Å². The van der Waals surface area contributed by atoms with Gasteiger partial charge >= 0.3 is 5.97 Å². The summed E-state index contributed by atoms with van der Waals surface area (Å²) in [7, 11) is 0. The molecule has 0 aromatic carbocycles. The lowest BCUT2D eigenvalue weighted by Gasteiger charge is -2.19. The van der Waals surface area contributed by atoms with Gasteiger partial charge in [0.25, 0.3) is 0 Å². The van der Waals surface area contributed by atoms with E-state index in [9.17, 15) is 20.1 Å². The molecule has 5 atom stereocenters. The Balaban J connectivity index is 2.49. The number of carboxylic acid groups (broad SMARTS) is 1. The summed E-state index contributed by atoms with van der Waals surface area (Å²) in [5.41, 5.74) is 0. The summed E-state index contributed by atoms with van der Waals surface area (Å²) in [4.78, 5) is 10.4. The van der Waals surface area contributed by atoms with Crippen LogP contribution < -0.4 is 0 Å². The molecule has 4 N–H and O–H groups in total. The van der Waals surface area contributed by atoms with Gasteiger partial charge in [-0.3, -0.25) is 4.79 Å². The molecule has 1 fully saturated rings. The minimum Gasteiger partial charge on any atom is -0.481 e. The van der Waals surface area contributed by atoms with Gasteiger partial charge in [0.05, 0.1) is 18.3 Å². The molecule has 5 heteroatoms. The van der Waals surface area contributed by atoms with Crippen LogP contribution in [0, 0.1) is 11.8 Å². The van der Waals surface area contributed by atoms with Gasteiger partial charge in [0.2, 0.25) is 0 Å². The number of carboxylic acids is 1. The maximum absolute atomic E-state index is 10.4. The molecule has 0 radical (unpaired) electrons. The molecule has 0 saturated heterocycles. The molecule has 0 heterocycles. The Labute approximate surface area is 162 Å². The molecule has 5 nitrogen and oxygen atoms in total. The molecule has 0 spiro atoms. The van der Waals surface area contributed by atoms with Gasteiger partial charge in [-0.1, -0.05) is 55.5 Å². The Morgan fingerprint density at radius 1 is 1.07 bits per heavy atom. The summed E-state index contributed by atoms with van der Waals surface area (Å²) in [6.07, 6.45) is 17.4. The molecule has 0 aliphatic heterocycles. The first-order chi connectivity index (χ1) is 13.0. The summed E-state index contributed by atoms with van der Waals surface area (Å²) >= 11 is 0. The van der Waals surface area contributed by atoms with Crippen LogP contribution in [0.5, 0.6) is 0 Å². The van der Waals surface area contributed by atoms with E-state index in [0.717, 1.165) is 12.8 Å². The Kier molecular flexibility index (Phi) is 11.7. The zero-order valence-corrected chi connectivity index (χ0v) is 16.2. The van der Waals surface area contributed by atoms with Crippen molar-refractivity contribution in [2.45, 2.75) is 70.2 Å². The molecule has 27 heavy (non-hydrogen) atoms. The van der Waals surface area contributed by atoms with Crippen molar-refractivity contribution in [3.63, 3.8) is 0 Å². The summed E-state index contributed by atoms with van der Waals surface area (Å²) in [6, 6.07) is 0. The van der Waals surface area contributed by atoms with Crippen LogP contribution >= 0.6 is 0 Å². The zero-order valence-electron chi connectivity index (χ0n) is 16.2. The lowest BCUT2D eigenvalue weighted by atomic mass is 9.89. The second kappa shape index (κ2) is 13.5. The van der Waals surface area contributed by atoms with Crippen molar-refractivity contribution in [1.29, 1.82) is 0 Å². The second-order valence-corrected chi connectivity index (χ2v) is 7.03. The predicted octanol–water partition coefficient (Wildman–Crippen LogP) is 3.38. The van der Waals surface area contributed by atoms with E-state index in [1.807, 2.05) is 12.2 Å². The molecule has 0 bridgehead atoms. The molecular weight excluding hydrogens is 344 g/mol. The van der Waals surface area contributed by atoms with Crippen LogP contribution in [0.4, 0.5) is 0 Å². The summed E-state index contributed by atoms with van der Waals surface area (Å²) in [5.74, 6) is -1.07. The Morgan fingerprint density at radius 2 is 1.81 bits per heavy atom. The van der Waals surface area contributed by atoms with Crippen molar-refractivity contribution < 1.29 is 25.2 Å². The van der Waals surface area contributed by atoms with E-state index in [2.05, 4.69) is 25.2 Å². The average Bonchev–Trinajstić information content (AvgIpc) is 2.88. The first-order valence-corrected chi connectivity index (χ1v) is 9.85. The highest BCUT2D eigenvalue weighted by molar-refractivity contribution is 5.66. The molecule has 1 rings (SSSR count). The first-order valence-electron chi connectivity index (χ1n) is 9.85. The maximum Gasteiger partial charge on any atom is 0.303 e. The number of aliphatic hydroxyl groups excluding tert-OH is 3. The fourth-order valence-electron chi connectivity index (χ4n) is 3.29. The van der Waals surface area contributed by atoms with E-state index in [1.54, 1.807) is 18.2 Å². The number of rotatable bonds is 12. The highest BCUT2D eigenvalue weighted by Gasteiger charge is 2.39. The quantitative estimate of drug-likeness (QED) is 0.390. The molecule has 152 valence electrons.